The Balaban J connectivity index is 2.10. The SMILES string of the molecule is CCC(CC)NC(=O)c1ccc(N2CCCS2(=O)=O)cc1. The van der Waals surface area contributed by atoms with Crippen molar-refractivity contribution in [2.75, 3.05) is 16.6 Å². The van der Waals surface area contributed by atoms with E-state index in [4.69, 9.17) is 0 Å². The van der Waals surface area contributed by atoms with Crippen molar-refractivity contribution in [1.29, 1.82) is 0 Å². The first-order chi connectivity index (χ1) is 9.97. The number of hydrogen-bond acceptors (Lipinski definition) is 3. The summed E-state index contributed by atoms with van der Waals surface area (Å²) < 4.78 is 25.1. The first-order valence-corrected chi connectivity index (χ1v) is 9.00. The van der Waals surface area contributed by atoms with Crippen molar-refractivity contribution >= 4 is 21.6 Å². The molecular formula is C15H22N2O3S. The number of carbonyl (C=O) groups is 1. The van der Waals surface area contributed by atoms with Crippen LogP contribution in [0.3, 0.4) is 0 Å². The molecule has 0 spiro atoms. The van der Waals surface area contributed by atoms with Gasteiger partial charge in [0, 0.05) is 18.2 Å². The molecule has 0 aliphatic carbocycles. The summed E-state index contributed by atoms with van der Waals surface area (Å²) in [6.07, 6.45) is 2.44. The van der Waals surface area contributed by atoms with Crippen LogP contribution in [0.1, 0.15) is 43.5 Å². The van der Waals surface area contributed by atoms with Gasteiger partial charge in [-0.1, -0.05) is 13.8 Å². The Bertz CT molecular complexity index is 592. The molecule has 5 nitrogen and oxygen atoms in total. The minimum Gasteiger partial charge on any atom is -0.349 e. The molecule has 1 aromatic rings. The molecule has 1 aliphatic rings. The van der Waals surface area contributed by atoms with E-state index in [1.807, 2.05) is 13.8 Å². The van der Waals surface area contributed by atoms with Crippen LogP contribution in [0.15, 0.2) is 24.3 Å². The lowest BCUT2D eigenvalue weighted by atomic mass is 10.1. The first kappa shape index (κ1) is 15.8. The van der Waals surface area contributed by atoms with E-state index in [9.17, 15) is 13.2 Å². The van der Waals surface area contributed by atoms with Crippen LogP contribution < -0.4 is 9.62 Å². The van der Waals surface area contributed by atoms with Crippen molar-refractivity contribution in [2.45, 2.75) is 39.2 Å². The maximum absolute atomic E-state index is 12.1. The molecule has 0 saturated carbocycles. The predicted octanol–water partition coefficient (Wildman–Crippen LogP) is 2.14. The molecule has 1 fully saturated rings. The third-order valence-corrected chi connectivity index (χ3v) is 5.71. The molecule has 1 N–H and O–H groups in total. The number of sulfonamides is 1. The molecule has 21 heavy (non-hydrogen) atoms. The standard InChI is InChI=1S/C15H22N2O3S/c1-3-13(4-2)16-15(18)12-6-8-14(9-7-12)17-10-5-11-21(17,19)20/h6-9,13H,3-5,10-11H2,1-2H3,(H,16,18). The van der Waals surface area contributed by atoms with E-state index in [0.717, 1.165) is 12.8 Å². The molecule has 116 valence electrons. The number of nitrogens with one attached hydrogen (secondary N) is 1. The number of rotatable bonds is 5. The van der Waals surface area contributed by atoms with Crippen LogP contribution in [0, 0.1) is 0 Å². The van der Waals surface area contributed by atoms with Gasteiger partial charge in [-0.25, -0.2) is 8.42 Å². The number of benzene rings is 1. The van der Waals surface area contributed by atoms with Crippen molar-refractivity contribution in [3.05, 3.63) is 29.8 Å². The first-order valence-electron chi connectivity index (χ1n) is 7.39. The quantitative estimate of drug-likeness (QED) is 0.906. The van der Waals surface area contributed by atoms with Crippen LogP contribution in [-0.4, -0.2) is 32.7 Å². The van der Waals surface area contributed by atoms with E-state index in [0.29, 0.717) is 24.2 Å². The largest absolute Gasteiger partial charge is 0.349 e. The molecule has 0 atom stereocenters. The van der Waals surface area contributed by atoms with E-state index >= 15 is 0 Å². The van der Waals surface area contributed by atoms with Gasteiger partial charge in [0.25, 0.3) is 5.91 Å². The average molecular weight is 310 g/mol. The third kappa shape index (κ3) is 3.56. The summed E-state index contributed by atoms with van der Waals surface area (Å²) in [6, 6.07) is 6.94. The van der Waals surface area contributed by atoms with Gasteiger partial charge >= 0.3 is 0 Å². The van der Waals surface area contributed by atoms with E-state index in [-0.39, 0.29) is 17.7 Å². The Morgan fingerprint density at radius 1 is 1.24 bits per heavy atom. The highest BCUT2D eigenvalue weighted by atomic mass is 32.2. The Morgan fingerprint density at radius 2 is 1.86 bits per heavy atom. The highest BCUT2D eigenvalue weighted by Gasteiger charge is 2.28. The number of carbonyl (C=O) groups excluding carboxylic acids is 1. The second-order valence-corrected chi connectivity index (χ2v) is 7.29. The van der Waals surface area contributed by atoms with Crippen LogP contribution in [0.5, 0.6) is 0 Å². The van der Waals surface area contributed by atoms with Crippen molar-refractivity contribution < 1.29 is 13.2 Å². The Labute approximate surface area is 126 Å². The maximum Gasteiger partial charge on any atom is 0.251 e. The Morgan fingerprint density at radius 3 is 2.33 bits per heavy atom. The van der Waals surface area contributed by atoms with Gasteiger partial charge in [0.1, 0.15) is 0 Å². The number of anilines is 1. The molecule has 0 bridgehead atoms. The van der Waals surface area contributed by atoms with Gasteiger partial charge in [-0.3, -0.25) is 9.10 Å². The van der Waals surface area contributed by atoms with Crippen molar-refractivity contribution in [1.82, 2.24) is 5.32 Å². The predicted molar refractivity (Wildman–Crippen MR) is 84.0 cm³/mol. The summed E-state index contributed by atoms with van der Waals surface area (Å²) in [4.78, 5) is 12.1. The van der Waals surface area contributed by atoms with E-state index in [2.05, 4.69) is 5.32 Å². The fourth-order valence-electron chi connectivity index (χ4n) is 2.47. The van der Waals surface area contributed by atoms with Crippen LogP contribution >= 0.6 is 0 Å². The second-order valence-electron chi connectivity index (χ2n) is 5.28. The van der Waals surface area contributed by atoms with E-state index in [1.54, 1.807) is 24.3 Å². The molecule has 1 heterocycles. The van der Waals surface area contributed by atoms with Crippen molar-refractivity contribution in [2.24, 2.45) is 0 Å². The van der Waals surface area contributed by atoms with Crippen LogP contribution in [-0.2, 0) is 10.0 Å². The van der Waals surface area contributed by atoms with Gasteiger partial charge in [0.15, 0.2) is 0 Å². The minimum atomic E-state index is -3.17. The number of hydrogen-bond donors (Lipinski definition) is 1. The minimum absolute atomic E-state index is 0.112. The zero-order valence-corrected chi connectivity index (χ0v) is 13.3. The molecule has 1 aromatic carbocycles. The summed E-state index contributed by atoms with van der Waals surface area (Å²) in [6.45, 7) is 4.59. The number of nitrogens with zero attached hydrogens (tertiary/aromatic N) is 1. The van der Waals surface area contributed by atoms with Crippen molar-refractivity contribution in [3.8, 4) is 0 Å². The molecule has 6 heteroatoms. The van der Waals surface area contributed by atoms with Crippen LogP contribution in [0.4, 0.5) is 5.69 Å². The topological polar surface area (TPSA) is 66.5 Å². The van der Waals surface area contributed by atoms with Crippen LogP contribution in [0.2, 0.25) is 0 Å². The average Bonchev–Trinajstić information content (AvgIpc) is 2.84. The third-order valence-electron chi connectivity index (χ3n) is 3.84. The normalized spacial score (nSPS) is 17.2. The van der Waals surface area contributed by atoms with Gasteiger partial charge in [-0.2, -0.15) is 0 Å². The van der Waals surface area contributed by atoms with Gasteiger partial charge in [0.2, 0.25) is 10.0 Å². The lowest BCUT2D eigenvalue weighted by Crippen LogP contribution is -2.33. The lowest BCUT2D eigenvalue weighted by Gasteiger charge is -2.18. The molecule has 2 rings (SSSR count). The molecule has 1 saturated heterocycles. The second kappa shape index (κ2) is 6.47. The molecule has 0 aromatic heterocycles. The fraction of sp³-hybridized carbons (Fsp3) is 0.533. The molecular weight excluding hydrogens is 288 g/mol. The molecule has 0 unspecified atom stereocenters. The Hall–Kier alpha value is -1.56. The van der Waals surface area contributed by atoms with E-state index in [1.165, 1.54) is 4.31 Å². The molecule has 1 aliphatic heterocycles. The fourth-order valence-corrected chi connectivity index (χ4v) is 4.03. The van der Waals surface area contributed by atoms with Gasteiger partial charge < -0.3 is 5.32 Å². The monoisotopic (exact) mass is 310 g/mol. The summed E-state index contributed by atoms with van der Waals surface area (Å²) in [5, 5.41) is 2.97. The lowest BCUT2D eigenvalue weighted by molar-refractivity contribution is 0.0935. The van der Waals surface area contributed by atoms with Crippen molar-refractivity contribution in [3.63, 3.8) is 0 Å². The van der Waals surface area contributed by atoms with E-state index < -0.39 is 10.0 Å². The zero-order chi connectivity index (χ0) is 15.5. The Kier molecular flexibility index (Phi) is 4.88. The summed E-state index contributed by atoms with van der Waals surface area (Å²) in [7, 11) is -3.17. The summed E-state index contributed by atoms with van der Waals surface area (Å²) >= 11 is 0. The highest BCUT2D eigenvalue weighted by molar-refractivity contribution is 7.93. The van der Waals surface area contributed by atoms with Gasteiger partial charge in [-0.05, 0) is 43.5 Å². The maximum atomic E-state index is 12.1. The molecule has 0 radical (unpaired) electrons. The van der Waals surface area contributed by atoms with Gasteiger partial charge in [-0.15, -0.1) is 0 Å². The summed E-state index contributed by atoms with van der Waals surface area (Å²) in [5.41, 5.74) is 1.19. The molecule has 1 amide bonds. The van der Waals surface area contributed by atoms with Gasteiger partial charge in [0.05, 0.1) is 11.4 Å². The summed E-state index contributed by atoms with van der Waals surface area (Å²) in [5.74, 6) is 0.0868. The highest BCUT2D eigenvalue weighted by Crippen LogP contribution is 2.24. The zero-order valence-electron chi connectivity index (χ0n) is 12.5. The van der Waals surface area contributed by atoms with Crippen LogP contribution in [0.25, 0.3) is 0 Å². The smallest absolute Gasteiger partial charge is 0.251 e. The number of amides is 1.